The minimum Gasteiger partial charge on any atom is -0.507 e. The molecule has 0 spiro atoms. The second-order valence-corrected chi connectivity index (χ2v) is 7.81. The summed E-state index contributed by atoms with van der Waals surface area (Å²) in [7, 11) is 1.54. The molecule has 0 heterocycles. The molecule has 3 aromatic carbocycles. The normalized spacial score (nSPS) is 11.0. The number of nitrogens with zero attached hydrogens (tertiary/aromatic N) is 1. The van der Waals surface area contributed by atoms with Crippen LogP contribution >= 0.6 is 0 Å². The Hall–Kier alpha value is -3.80. The van der Waals surface area contributed by atoms with Gasteiger partial charge in [-0.25, -0.2) is 5.43 Å². The third kappa shape index (κ3) is 5.88. The predicted octanol–water partition coefficient (Wildman–Crippen LogP) is 5.18. The van der Waals surface area contributed by atoms with Gasteiger partial charge in [0.15, 0.2) is 0 Å². The van der Waals surface area contributed by atoms with Gasteiger partial charge in [0, 0.05) is 11.1 Å². The SMILES string of the molecule is COc1ccc(O)c(/C=N\NC(=O)c2ccc(COc3cc(C)ccc3C(C)C)cc2)c1. The van der Waals surface area contributed by atoms with Gasteiger partial charge >= 0.3 is 0 Å². The van der Waals surface area contributed by atoms with E-state index in [1.54, 1.807) is 24.3 Å². The summed E-state index contributed by atoms with van der Waals surface area (Å²) in [5.41, 5.74) is 6.66. The van der Waals surface area contributed by atoms with Gasteiger partial charge in [-0.1, -0.05) is 38.1 Å². The van der Waals surface area contributed by atoms with E-state index in [4.69, 9.17) is 9.47 Å². The maximum Gasteiger partial charge on any atom is 0.271 e. The molecule has 0 aliphatic heterocycles. The van der Waals surface area contributed by atoms with E-state index in [1.807, 2.05) is 19.1 Å². The van der Waals surface area contributed by atoms with Gasteiger partial charge in [0.1, 0.15) is 23.9 Å². The molecule has 3 aromatic rings. The Labute approximate surface area is 188 Å². The number of aromatic hydroxyl groups is 1. The van der Waals surface area contributed by atoms with Crippen LogP contribution in [-0.2, 0) is 6.61 Å². The lowest BCUT2D eigenvalue weighted by Crippen LogP contribution is -2.17. The van der Waals surface area contributed by atoms with Crippen LogP contribution in [0.3, 0.4) is 0 Å². The molecule has 0 aromatic heterocycles. The Morgan fingerprint density at radius 3 is 2.53 bits per heavy atom. The molecule has 32 heavy (non-hydrogen) atoms. The van der Waals surface area contributed by atoms with Crippen LogP contribution in [-0.4, -0.2) is 24.3 Å². The zero-order chi connectivity index (χ0) is 23.1. The zero-order valence-corrected chi connectivity index (χ0v) is 18.8. The number of carbonyl (C=O) groups excluding carboxylic acids is 1. The number of hydrogen-bond donors (Lipinski definition) is 2. The molecule has 0 aliphatic carbocycles. The van der Waals surface area contributed by atoms with E-state index in [-0.39, 0.29) is 11.7 Å². The van der Waals surface area contributed by atoms with Gasteiger partial charge in [0.2, 0.25) is 0 Å². The number of hydrogen-bond acceptors (Lipinski definition) is 5. The van der Waals surface area contributed by atoms with Gasteiger partial charge in [0.25, 0.3) is 5.91 Å². The van der Waals surface area contributed by atoms with E-state index in [9.17, 15) is 9.90 Å². The lowest BCUT2D eigenvalue weighted by molar-refractivity contribution is 0.0955. The maximum absolute atomic E-state index is 12.3. The number of hydrazone groups is 1. The average Bonchev–Trinajstić information content (AvgIpc) is 2.79. The number of nitrogens with one attached hydrogen (secondary N) is 1. The number of phenols is 1. The molecule has 0 fully saturated rings. The van der Waals surface area contributed by atoms with Crippen molar-refractivity contribution in [3.05, 3.63) is 88.5 Å². The number of amides is 1. The fraction of sp³-hybridized carbons (Fsp3) is 0.231. The van der Waals surface area contributed by atoms with Crippen LogP contribution in [0.1, 0.15) is 52.4 Å². The standard InChI is InChI=1S/C26H28N2O4/c1-17(2)23-11-5-18(3)13-25(23)32-16-19-6-8-20(9-7-19)26(30)28-27-15-21-14-22(31-4)10-12-24(21)29/h5-15,17,29H,16H2,1-4H3,(H,28,30)/b27-15-. The first-order valence-electron chi connectivity index (χ1n) is 10.4. The number of rotatable bonds is 8. The van der Waals surface area contributed by atoms with E-state index in [0.717, 1.165) is 16.9 Å². The maximum atomic E-state index is 12.3. The summed E-state index contributed by atoms with van der Waals surface area (Å²) in [6.07, 6.45) is 1.37. The molecular weight excluding hydrogens is 404 g/mol. The molecule has 0 saturated carbocycles. The highest BCUT2D eigenvalue weighted by Crippen LogP contribution is 2.28. The zero-order valence-electron chi connectivity index (χ0n) is 18.8. The summed E-state index contributed by atoms with van der Waals surface area (Å²) < 4.78 is 11.2. The van der Waals surface area contributed by atoms with Crippen molar-refractivity contribution >= 4 is 12.1 Å². The Morgan fingerprint density at radius 2 is 1.84 bits per heavy atom. The molecule has 0 aliphatic rings. The Bertz CT molecular complexity index is 1110. The van der Waals surface area contributed by atoms with Crippen LogP contribution in [0.5, 0.6) is 17.2 Å². The quantitative estimate of drug-likeness (QED) is 0.380. The first-order chi connectivity index (χ1) is 15.4. The molecule has 166 valence electrons. The largest absolute Gasteiger partial charge is 0.507 e. The molecule has 6 nitrogen and oxygen atoms in total. The van der Waals surface area contributed by atoms with Crippen LogP contribution < -0.4 is 14.9 Å². The van der Waals surface area contributed by atoms with Gasteiger partial charge in [-0.2, -0.15) is 5.10 Å². The average molecular weight is 433 g/mol. The van der Waals surface area contributed by atoms with Crippen molar-refractivity contribution in [3.8, 4) is 17.2 Å². The van der Waals surface area contributed by atoms with Crippen LogP contribution in [0.15, 0.2) is 65.8 Å². The third-order valence-electron chi connectivity index (χ3n) is 5.01. The number of aryl methyl sites for hydroxylation is 1. The summed E-state index contributed by atoms with van der Waals surface area (Å²) in [5.74, 6) is 1.53. The molecule has 0 atom stereocenters. The molecule has 0 bridgehead atoms. The van der Waals surface area contributed by atoms with Crippen molar-refractivity contribution in [2.24, 2.45) is 5.10 Å². The lowest BCUT2D eigenvalue weighted by atomic mass is 10.0. The van der Waals surface area contributed by atoms with Gasteiger partial charge in [-0.15, -0.1) is 0 Å². The van der Waals surface area contributed by atoms with Crippen molar-refractivity contribution in [1.82, 2.24) is 5.43 Å². The van der Waals surface area contributed by atoms with Crippen LogP contribution in [0.4, 0.5) is 0 Å². The van der Waals surface area contributed by atoms with E-state index in [0.29, 0.717) is 29.4 Å². The molecule has 0 saturated heterocycles. The molecule has 6 heteroatoms. The molecule has 1 amide bonds. The summed E-state index contributed by atoms with van der Waals surface area (Å²) in [4.78, 5) is 12.3. The van der Waals surface area contributed by atoms with Gasteiger partial charge in [-0.3, -0.25) is 4.79 Å². The highest BCUT2D eigenvalue weighted by Gasteiger charge is 2.09. The molecular formula is C26H28N2O4. The minimum absolute atomic E-state index is 0.0439. The fourth-order valence-corrected chi connectivity index (χ4v) is 3.14. The van der Waals surface area contributed by atoms with E-state index in [2.05, 4.69) is 42.6 Å². The molecule has 0 radical (unpaired) electrons. The summed E-state index contributed by atoms with van der Waals surface area (Å²) in [6.45, 7) is 6.74. The number of methoxy groups -OCH3 is 1. The Kier molecular flexibility index (Phi) is 7.49. The van der Waals surface area contributed by atoms with Crippen LogP contribution in [0.2, 0.25) is 0 Å². The minimum atomic E-state index is -0.350. The topological polar surface area (TPSA) is 80.2 Å². The first-order valence-corrected chi connectivity index (χ1v) is 10.4. The number of phenolic OH excluding ortho intramolecular Hbond substituents is 1. The van der Waals surface area contributed by atoms with Crippen LogP contribution in [0, 0.1) is 6.92 Å². The smallest absolute Gasteiger partial charge is 0.271 e. The van der Waals surface area contributed by atoms with Crippen LogP contribution in [0.25, 0.3) is 0 Å². The number of ether oxygens (including phenoxy) is 2. The second kappa shape index (κ2) is 10.5. The van der Waals surface area contributed by atoms with Gasteiger partial charge in [-0.05, 0) is 65.9 Å². The van der Waals surface area contributed by atoms with Gasteiger partial charge in [0.05, 0.1) is 13.3 Å². The lowest BCUT2D eigenvalue weighted by Gasteiger charge is -2.15. The second-order valence-electron chi connectivity index (χ2n) is 7.81. The highest BCUT2D eigenvalue weighted by molar-refractivity contribution is 5.95. The predicted molar refractivity (Wildman–Crippen MR) is 126 cm³/mol. The third-order valence-corrected chi connectivity index (χ3v) is 5.01. The Morgan fingerprint density at radius 1 is 1.09 bits per heavy atom. The van der Waals surface area contributed by atoms with Gasteiger partial charge < -0.3 is 14.6 Å². The van der Waals surface area contributed by atoms with E-state index < -0.39 is 0 Å². The number of carbonyl (C=O) groups is 1. The van der Waals surface area contributed by atoms with Crippen molar-refractivity contribution in [3.63, 3.8) is 0 Å². The molecule has 2 N–H and O–H groups in total. The summed E-state index contributed by atoms with van der Waals surface area (Å²) in [5, 5.41) is 13.8. The van der Waals surface area contributed by atoms with E-state index in [1.165, 1.54) is 25.0 Å². The van der Waals surface area contributed by atoms with Crippen molar-refractivity contribution in [2.75, 3.05) is 7.11 Å². The first kappa shape index (κ1) is 22.9. The van der Waals surface area contributed by atoms with Crippen molar-refractivity contribution in [2.45, 2.75) is 33.3 Å². The highest BCUT2D eigenvalue weighted by atomic mass is 16.5. The fourth-order valence-electron chi connectivity index (χ4n) is 3.14. The molecule has 3 rings (SSSR count). The summed E-state index contributed by atoms with van der Waals surface area (Å²) in [6, 6.07) is 18.2. The van der Waals surface area contributed by atoms with E-state index >= 15 is 0 Å². The molecule has 0 unspecified atom stereocenters. The Balaban J connectivity index is 1.60. The number of benzene rings is 3. The summed E-state index contributed by atoms with van der Waals surface area (Å²) >= 11 is 0. The van der Waals surface area contributed by atoms with Crippen molar-refractivity contribution < 1.29 is 19.4 Å². The van der Waals surface area contributed by atoms with Crippen molar-refractivity contribution in [1.29, 1.82) is 0 Å². The monoisotopic (exact) mass is 432 g/mol.